The molecule has 1 N–H and O–H groups in total. The summed E-state index contributed by atoms with van der Waals surface area (Å²) in [5.41, 5.74) is 2.26. The molecule has 4 aromatic rings. The van der Waals surface area contributed by atoms with Crippen LogP contribution in [0.15, 0.2) is 89.8 Å². The number of nitrogens with zero attached hydrogens (tertiary/aromatic N) is 2. The fraction of sp³-hybridized carbons (Fsp3) is 0.250. The van der Waals surface area contributed by atoms with Crippen molar-refractivity contribution in [3.63, 3.8) is 0 Å². The van der Waals surface area contributed by atoms with Gasteiger partial charge < -0.3 is 10.2 Å². The minimum Gasteiger partial charge on any atom is -0.355 e. The van der Waals surface area contributed by atoms with Crippen LogP contribution in [0.2, 0.25) is 10.0 Å². The van der Waals surface area contributed by atoms with E-state index in [-0.39, 0.29) is 42.6 Å². The zero-order chi connectivity index (χ0) is 29.9. The van der Waals surface area contributed by atoms with Crippen molar-refractivity contribution in [1.82, 2.24) is 10.2 Å². The molecule has 2 amide bonds. The van der Waals surface area contributed by atoms with Gasteiger partial charge in [0.25, 0.3) is 10.0 Å². The third kappa shape index (κ3) is 6.11. The Morgan fingerprint density at radius 2 is 1.64 bits per heavy atom. The van der Waals surface area contributed by atoms with Gasteiger partial charge >= 0.3 is 0 Å². The highest BCUT2D eigenvalue weighted by Gasteiger charge is 2.36. The van der Waals surface area contributed by atoms with Crippen LogP contribution in [0.4, 0.5) is 5.69 Å². The largest absolute Gasteiger partial charge is 0.355 e. The Kier molecular flexibility index (Phi) is 9.06. The predicted octanol–water partition coefficient (Wildman–Crippen LogP) is 6.21. The van der Waals surface area contributed by atoms with Gasteiger partial charge in [-0.15, -0.1) is 0 Å². The van der Waals surface area contributed by atoms with E-state index in [1.54, 1.807) is 41.3 Å². The lowest BCUT2D eigenvalue weighted by Gasteiger charge is -2.32. The molecule has 4 aromatic carbocycles. The molecule has 1 atom stereocenters. The van der Waals surface area contributed by atoms with Gasteiger partial charge in [0.05, 0.1) is 20.6 Å². The van der Waals surface area contributed by atoms with Gasteiger partial charge in [-0.05, 0) is 54.1 Å². The van der Waals surface area contributed by atoms with Crippen molar-refractivity contribution in [2.45, 2.75) is 43.7 Å². The highest BCUT2D eigenvalue weighted by molar-refractivity contribution is 7.93. The number of sulfonamides is 1. The minimum absolute atomic E-state index is 0.0460. The maximum atomic E-state index is 13.9. The molecular formula is C32H31Cl2N3O4S. The van der Waals surface area contributed by atoms with E-state index in [1.807, 2.05) is 55.5 Å². The van der Waals surface area contributed by atoms with Gasteiger partial charge in [-0.3, -0.25) is 13.9 Å². The molecule has 0 aliphatic carbocycles. The van der Waals surface area contributed by atoms with Gasteiger partial charge in [0, 0.05) is 37.9 Å². The summed E-state index contributed by atoms with van der Waals surface area (Å²) in [6.45, 7) is 2.51. The first-order chi connectivity index (χ1) is 20.2. The number of nitrogens with one attached hydrogen (secondary N) is 1. The zero-order valence-corrected chi connectivity index (χ0v) is 25.4. The summed E-state index contributed by atoms with van der Waals surface area (Å²) in [4.78, 5) is 29.1. The monoisotopic (exact) mass is 623 g/mol. The maximum Gasteiger partial charge on any atom is 0.265 e. The Bertz CT molecular complexity index is 1730. The molecule has 1 heterocycles. The number of carbonyl (C=O) groups is 2. The lowest BCUT2D eigenvalue weighted by atomic mass is 10.0. The third-order valence-corrected chi connectivity index (χ3v) is 9.99. The predicted molar refractivity (Wildman–Crippen MR) is 167 cm³/mol. The van der Waals surface area contributed by atoms with Crippen LogP contribution in [0.3, 0.4) is 0 Å². The molecule has 218 valence electrons. The highest BCUT2D eigenvalue weighted by Crippen LogP contribution is 2.42. The van der Waals surface area contributed by atoms with Crippen LogP contribution in [0.5, 0.6) is 0 Å². The summed E-state index contributed by atoms with van der Waals surface area (Å²) < 4.78 is 28.2. The SMILES string of the molecule is CCNC(=O)C(Cc1ccccc1)N(Cc1ccc(Cl)c(Cl)c1)C(=O)CCCN1c2cccc3cccc(c23)S1(=O)=O. The Hall–Kier alpha value is -3.59. The van der Waals surface area contributed by atoms with Gasteiger partial charge in [-0.2, -0.15) is 0 Å². The minimum atomic E-state index is -3.73. The number of amides is 2. The molecule has 1 unspecified atom stereocenters. The number of rotatable bonds is 11. The van der Waals surface area contributed by atoms with E-state index in [0.717, 1.165) is 16.5 Å². The van der Waals surface area contributed by atoms with Gasteiger partial charge in [0.2, 0.25) is 11.8 Å². The zero-order valence-electron chi connectivity index (χ0n) is 23.1. The van der Waals surface area contributed by atoms with Gasteiger partial charge in [-0.1, -0.05) is 83.9 Å². The fourth-order valence-corrected chi connectivity index (χ4v) is 7.47. The van der Waals surface area contributed by atoms with Crippen LogP contribution in [-0.4, -0.2) is 44.3 Å². The Balaban J connectivity index is 1.40. The summed E-state index contributed by atoms with van der Waals surface area (Å²) in [6, 6.07) is 24.6. The highest BCUT2D eigenvalue weighted by atomic mass is 35.5. The van der Waals surface area contributed by atoms with Crippen LogP contribution >= 0.6 is 23.2 Å². The van der Waals surface area contributed by atoms with E-state index in [2.05, 4.69) is 5.32 Å². The van der Waals surface area contributed by atoms with Crippen LogP contribution in [-0.2, 0) is 32.6 Å². The first kappa shape index (κ1) is 29.9. The van der Waals surface area contributed by atoms with E-state index in [1.165, 1.54) is 4.31 Å². The van der Waals surface area contributed by atoms with Crippen LogP contribution < -0.4 is 9.62 Å². The van der Waals surface area contributed by atoms with E-state index < -0.39 is 16.1 Å². The molecule has 10 heteroatoms. The van der Waals surface area contributed by atoms with E-state index in [4.69, 9.17) is 23.2 Å². The van der Waals surface area contributed by atoms with Crippen molar-refractivity contribution in [2.24, 2.45) is 0 Å². The number of benzene rings is 4. The smallest absolute Gasteiger partial charge is 0.265 e. The van der Waals surface area contributed by atoms with Crippen LogP contribution in [0, 0.1) is 0 Å². The number of hydrogen-bond acceptors (Lipinski definition) is 4. The number of anilines is 1. The summed E-state index contributed by atoms with van der Waals surface area (Å²) in [5.74, 6) is -0.528. The van der Waals surface area contributed by atoms with Crippen molar-refractivity contribution < 1.29 is 18.0 Å². The molecular weight excluding hydrogens is 593 g/mol. The standard InChI is InChI=1S/C32H31Cl2N3O4S/c1-2-35-32(39)28(20-22-9-4-3-5-10-22)36(21-23-16-17-25(33)26(34)19-23)30(38)15-8-18-37-27-13-6-11-24-12-7-14-29(31(24)27)42(37,40)41/h3-7,9-14,16-17,19,28H,2,8,15,18,20-21H2,1H3,(H,35,39). The molecule has 0 saturated heterocycles. The average molecular weight is 625 g/mol. The quantitative estimate of drug-likeness (QED) is 0.215. The topological polar surface area (TPSA) is 86.8 Å². The Morgan fingerprint density at radius 3 is 2.36 bits per heavy atom. The summed E-state index contributed by atoms with van der Waals surface area (Å²) in [7, 11) is -3.73. The van der Waals surface area contributed by atoms with Crippen LogP contribution in [0.25, 0.3) is 10.8 Å². The van der Waals surface area contributed by atoms with E-state index >= 15 is 0 Å². The average Bonchev–Trinajstić information content (AvgIpc) is 3.20. The molecule has 0 aromatic heterocycles. The lowest BCUT2D eigenvalue weighted by molar-refractivity contribution is -0.141. The molecule has 0 spiro atoms. The molecule has 0 radical (unpaired) electrons. The summed E-state index contributed by atoms with van der Waals surface area (Å²) in [5, 5.41) is 5.17. The number of hydrogen-bond donors (Lipinski definition) is 1. The fourth-order valence-electron chi connectivity index (χ4n) is 5.40. The summed E-state index contributed by atoms with van der Waals surface area (Å²) in [6.07, 6.45) is 0.635. The number of halogens is 2. The molecule has 0 fully saturated rings. The third-order valence-electron chi connectivity index (χ3n) is 7.39. The second-order valence-corrected chi connectivity index (χ2v) is 12.8. The van der Waals surface area contributed by atoms with Crippen molar-refractivity contribution in [2.75, 3.05) is 17.4 Å². The van der Waals surface area contributed by atoms with Crippen molar-refractivity contribution in [3.05, 3.63) is 106 Å². The van der Waals surface area contributed by atoms with E-state index in [9.17, 15) is 18.0 Å². The Labute approximate surface area is 256 Å². The van der Waals surface area contributed by atoms with Crippen LogP contribution in [0.1, 0.15) is 30.9 Å². The second-order valence-electron chi connectivity index (χ2n) is 10.2. The lowest BCUT2D eigenvalue weighted by Crippen LogP contribution is -2.50. The van der Waals surface area contributed by atoms with Gasteiger partial charge in [0.15, 0.2) is 0 Å². The molecule has 42 heavy (non-hydrogen) atoms. The number of likely N-dealkylation sites (N-methyl/N-ethyl adjacent to an activating group) is 1. The molecule has 5 rings (SSSR count). The normalized spacial score (nSPS) is 14.1. The molecule has 0 bridgehead atoms. The number of carbonyl (C=O) groups excluding carboxylic acids is 2. The maximum absolute atomic E-state index is 13.9. The molecule has 7 nitrogen and oxygen atoms in total. The first-order valence-electron chi connectivity index (χ1n) is 13.8. The molecule has 1 aliphatic rings. The van der Waals surface area contributed by atoms with E-state index in [0.29, 0.717) is 34.1 Å². The molecule has 1 aliphatic heterocycles. The summed E-state index contributed by atoms with van der Waals surface area (Å²) >= 11 is 12.4. The van der Waals surface area contributed by atoms with Crippen molar-refractivity contribution in [1.29, 1.82) is 0 Å². The van der Waals surface area contributed by atoms with Gasteiger partial charge in [-0.25, -0.2) is 8.42 Å². The first-order valence-corrected chi connectivity index (χ1v) is 16.0. The van der Waals surface area contributed by atoms with Crippen molar-refractivity contribution in [3.8, 4) is 0 Å². The Morgan fingerprint density at radius 1 is 0.905 bits per heavy atom. The van der Waals surface area contributed by atoms with Gasteiger partial charge in [0.1, 0.15) is 6.04 Å². The second kappa shape index (κ2) is 12.7. The molecule has 0 saturated carbocycles. The van der Waals surface area contributed by atoms with Crippen molar-refractivity contribution >= 4 is 61.5 Å².